The van der Waals surface area contributed by atoms with Gasteiger partial charge in [0.1, 0.15) is 17.1 Å². The number of hydrogen-bond acceptors (Lipinski definition) is 4. The van der Waals surface area contributed by atoms with Crippen LogP contribution in [0.25, 0.3) is 0 Å². The molecule has 150 valence electrons. The van der Waals surface area contributed by atoms with Crippen molar-refractivity contribution in [3.05, 3.63) is 46.5 Å². The smallest absolute Gasteiger partial charge is 0.269 e. The van der Waals surface area contributed by atoms with E-state index in [0.29, 0.717) is 31.5 Å². The fraction of sp³-hybridized carbons (Fsp3) is 0.522. The van der Waals surface area contributed by atoms with Gasteiger partial charge in [0.15, 0.2) is 0 Å². The summed E-state index contributed by atoms with van der Waals surface area (Å²) in [5.74, 6) is -0.0974. The second-order valence-corrected chi connectivity index (χ2v) is 8.80. The number of allylic oxidation sites excluding steroid dienone is 1. The Morgan fingerprint density at radius 1 is 1.29 bits per heavy atom. The van der Waals surface area contributed by atoms with Gasteiger partial charge in [-0.05, 0) is 63.6 Å². The van der Waals surface area contributed by atoms with E-state index in [1.54, 1.807) is 0 Å². The van der Waals surface area contributed by atoms with Crippen molar-refractivity contribution < 1.29 is 14.4 Å². The molecule has 1 aliphatic heterocycles. The Hall–Kier alpha value is -2.43. The van der Waals surface area contributed by atoms with Gasteiger partial charge in [-0.3, -0.25) is 9.59 Å². The molecular formula is C23H30N2O3. The van der Waals surface area contributed by atoms with Crippen LogP contribution in [0.4, 0.5) is 0 Å². The number of nitrogens with one attached hydrogen (secondary N) is 1. The first kappa shape index (κ1) is 20.3. The highest BCUT2D eigenvalue weighted by molar-refractivity contribution is 6.39. The summed E-state index contributed by atoms with van der Waals surface area (Å²) in [5.41, 5.74) is 5.58. The van der Waals surface area contributed by atoms with Gasteiger partial charge in [-0.1, -0.05) is 35.0 Å². The summed E-state index contributed by atoms with van der Waals surface area (Å²) in [4.78, 5) is 30.3. The summed E-state index contributed by atoms with van der Waals surface area (Å²) in [7, 11) is 0. The number of nitrogens with zero attached hydrogens (tertiary/aromatic N) is 1. The molecule has 1 amide bonds. The van der Waals surface area contributed by atoms with Crippen LogP contribution in [0.5, 0.6) is 0 Å². The largest absolute Gasteiger partial charge is 0.389 e. The Morgan fingerprint density at radius 3 is 2.50 bits per heavy atom. The number of oxime groups is 1. The van der Waals surface area contributed by atoms with Crippen LogP contribution in [0.15, 0.2) is 29.4 Å². The van der Waals surface area contributed by atoms with Crippen LogP contribution in [-0.4, -0.2) is 29.5 Å². The van der Waals surface area contributed by atoms with Gasteiger partial charge in [0, 0.05) is 19.4 Å². The van der Waals surface area contributed by atoms with Crippen LogP contribution < -0.4 is 5.32 Å². The van der Waals surface area contributed by atoms with Crippen LogP contribution in [0.3, 0.4) is 0 Å². The zero-order chi connectivity index (χ0) is 20.6. The molecule has 0 aromatic heterocycles. The van der Waals surface area contributed by atoms with Crippen molar-refractivity contribution in [1.82, 2.24) is 5.32 Å². The fourth-order valence-electron chi connectivity index (χ4n) is 4.44. The highest BCUT2D eigenvalue weighted by Gasteiger charge is 2.38. The van der Waals surface area contributed by atoms with Crippen molar-refractivity contribution in [2.45, 2.75) is 65.4 Å². The van der Waals surface area contributed by atoms with E-state index in [1.807, 2.05) is 13.8 Å². The third-order valence-electron chi connectivity index (χ3n) is 5.73. The van der Waals surface area contributed by atoms with Crippen LogP contribution >= 0.6 is 0 Å². The number of aryl methyl sites for hydroxylation is 3. The van der Waals surface area contributed by atoms with Gasteiger partial charge in [-0.25, -0.2) is 0 Å². The molecule has 2 atom stereocenters. The number of ketones is 1. The molecule has 1 saturated carbocycles. The first-order chi connectivity index (χ1) is 13.1. The van der Waals surface area contributed by atoms with E-state index in [9.17, 15) is 9.59 Å². The van der Waals surface area contributed by atoms with E-state index >= 15 is 0 Å². The van der Waals surface area contributed by atoms with Crippen molar-refractivity contribution in [2.75, 3.05) is 6.54 Å². The molecular weight excluding hydrogens is 352 g/mol. The standard InChI is InChI=1S/C23H30N2O3/c1-13-9-14(2)20(15(3)10-13)21-16(4)17(11-19(21)26)7-8-24-22(27)18-12-23(5,6)28-25-18/h9-10,17,21H,4,7-8,11-12H2,1-3,5-6H3,(H,24,27)/t17-,21?/m0/s1. The molecule has 2 aliphatic rings. The summed E-state index contributed by atoms with van der Waals surface area (Å²) in [6.45, 7) is 14.8. The van der Waals surface area contributed by atoms with Crippen molar-refractivity contribution in [2.24, 2.45) is 11.1 Å². The molecule has 1 heterocycles. The van der Waals surface area contributed by atoms with Crippen molar-refractivity contribution in [1.29, 1.82) is 0 Å². The summed E-state index contributed by atoms with van der Waals surface area (Å²) in [6.07, 6.45) is 1.69. The molecule has 1 aromatic carbocycles. The molecule has 1 fully saturated rings. The third-order valence-corrected chi connectivity index (χ3v) is 5.73. The molecule has 0 saturated heterocycles. The lowest BCUT2D eigenvalue weighted by atomic mass is 9.84. The average molecular weight is 383 g/mol. The number of Topliss-reactive ketones (excluding diaryl/α,β-unsaturated/α-hetero) is 1. The van der Waals surface area contributed by atoms with Gasteiger partial charge >= 0.3 is 0 Å². The summed E-state index contributed by atoms with van der Waals surface area (Å²) in [5, 5.41) is 6.78. The minimum Gasteiger partial charge on any atom is -0.389 e. The number of benzene rings is 1. The predicted molar refractivity (Wildman–Crippen MR) is 110 cm³/mol. The Labute approximate surface area is 167 Å². The molecule has 5 heteroatoms. The first-order valence-electron chi connectivity index (χ1n) is 9.91. The summed E-state index contributed by atoms with van der Waals surface area (Å²) >= 11 is 0. The zero-order valence-corrected chi connectivity index (χ0v) is 17.5. The topological polar surface area (TPSA) is 67.8 Å². The maximum atomic E-state index is 12.8. The number of hydrogen-bond donors (Lipinski definition) is 1. The molecule has 1 aromatic rings. The van der Waals surface area contributed by atoms with Crippen molar-refractivity contribution >= 4 is 17.4 Å². The van der Waals surface area contributed by atoms with E-state index in [1.165, 1.54) is 5.56 Å². The first-order valence-corrected chi connectivity index (χ1v) is 9.91. The van der Waals surface area contributed by atoms with Crippen LogP contribution in [-0.2, 0) is 14.4 Å². The van der Waals surface area contributed by atoms with E-state index in [2.05, 4.69) is 50.0 Å². The summed E-state index contributed by atoms with van der Waals surface area (Å²) < 4.78 is 0. The molecule has 0 spiro atoms. The van der Waals surface area contributed by atoms with Crippen LogP contribution in [0.2, 0.25) is 0 Å². The number of rotatable bonds is 5. The maximum absolute atomic E-state index is 12.8. The van der Waals surface area contributed by atoms with Gasteiger partial charge in [0.05, 0.1) is 5.92 Å². The Balaban J connectivity index is 1.61. The monoisotopic (exact) mass is 382 g/mol. The molecule has 5 nitrogen and oxygen atoms in total. The molecule has 1 unspecified atom stereocenters. The van der Waals surface area contributed by atoms with Gasteiger partial charge in [-0.15, -0.1) is 0 Å². The molecule has 1 N–H and O–H groups in total. The minimum atomic E-state index is -0.421. The Morgan fingerprint density at radius 2 is 1.93 bits per heavy atom. The second-order valence-electron chi connectivity index (χ2n) is 8.80. The van der Waals surface area contributed by atoms with Crippen molar-refractivity contribution in [3.8, 4) is 0 Å². The SMILES string of the molecule is C=C1C(c2c(C)cc(C)cc2C)C(=O)C[C@@H]1CCNC(=O)C1=NOC(C)(C)C1. The van der Waals surface area contributed by atoms with Crippen LogP contribution in [0.1, 0.15) is 61.3 Å². The van der Waals surface area contributed by atoms with Crippen molar-refractivity contribution in [3.63, 3.8) is 0 Å². The van der Waals surface area contributed by atoms with E-state index < -0.39 is 5.60 Å². The Bertz CT molecular complexity index is 844. The van der Waals surface area contributed by atoms with Gasteiger partial charge in [0.25, 0.3) is 5.91 Å². The fourth-order valence-corrected chi connectivity index (χ4v) is 4.44. The number of carbonyl (C=O) groups excluding carboxylic acids is 2. The van der Waals surface area contributed by atoms with Crippen LogP contribution in [0, 0.1) is 26.7 Å². The minimum absolute atomic E-state index is 0.0936. The quantitative estimate of drug-likeness (QED) is 0.785. The highest BCUT2D eigenvalue weighted by Crippen LogP contribution is 2.43. The van der Waals surface area contributed by atoms with E-state index in [-0.39, 0.29) is 23.5 Å². The van der Waals surface area contributed by atoms with E-state index in [4.69, 9.17) is 4.84 Å². The van der Waals surface area contributed by atoms with Gasteiger partial charge in [0.2, 0.25) is 0 Å². The van der Waals surface area contributed by atoms with Gasteiger partial charge < -0.3 is 10.2 Å². The highest BCUT2D eigenvalue weighted by atomic mass is 16.7. The molecule has 3 rings (SSSR count). The number of carbonyl (C=O) groups is 2. The van der Waals surface area contributed by atoms with Gasteiger partial charge in [-0.2, -0.15) is 0 Å². The molecule has 1 aliphatic carbocycles. The second kappa shape index (κ2) is 7.53. The Kier molecular flexibility index (Phi) is 5.46. The maximum Gasteiger partial charge on any atom is 0.269 e. The normalized spacial score (nSPS) is 23.5. The van der Waals surface area contributed by atoms with E-state index in [0.717, 1.165) is 22.3 Å². The number of amides is 1. The lowest BCUT2D eigenvalue weighted by Crippen LogP contribution is -2.33. The third kappa shape index (κ3) is 4.03. The zero-order valence-electron chi connectivity index (χ0n) is 17.5. The lowest BCUT2D eigenvalue weighted by Gasteiger charge is -2.19. The lowest BCUT2D eigenvalue weighted by molar-refractivity contribution is -0.118. The molecule has 0 radical (unpaired) electrons. The summed E-state index contributed by atoms with van der Waals surface area (Å²) in [6, 6.07) is 4.25. The average Bonchev–Trinajstić information content (AvgIpc) is 3.08. The predicted octanol–water partition coefficient (Wildman–Crippen LogP) is 3.90. The molecule has 0 bridgehead atoms. The molecule has 28 heavy (non-hydrogen) atoms.